The minimum absolute atomic E-state index is 0.0551. The average molecular weight is 445 g/mol. The number of ether oxygens (including phenoxy) is 1. The van der Waals surface area contributed by atoms with Crippen LogP contribution in [0.2, 0.25) is 0 Å². The zero-order valence-corrected chi connectivity index (χ0v) is 17.1. The summed E-state index contributed by atoms with van der Waals surface area (Å²) in [6, 6.07) is 8.37. The first-order valence-electron chi connectivity index (χ1n) is 9.34. The molecule has 0 radical (unpaired) electrons. The van der Waals surface area contributed by atoms with Crippen LogP contribution in [0.1, 0.15) is 23.5 Å². The van der Waals surface area contributed by atoms with E-state index in [4.69, 9.17) is 4.74 Å². The third-order valence-corrected chi connectivity index (χ3v) is 5.66. The number of carbonyl (C=O) groups excluding carboxylic acids is 2. The first-order valence-corrected chi connectivity index (χ1v) is 10.3. The molecule has 0 saturated carbocycles. The third-order valence-electron chi connectivity index (χ3n) is 4.76. The van der Waals surface area contributed by atoms with Gasteiger partial charge in [0.15, 0.2) is 11.3 Å². The van der Waals surface area contributed by atoms with Crippen LogP contribution in [0.4, 0.5) is 5.95 Å². The number of hydrogen-bond acceptors (Lipinski definition) is 9. The molecule has 1 saturated heterocycles. The van der Waals surface area contributed by atoms with E-state index in [1.807, 2.05) is 0 Å². The summed E-state index contributed by atoms with van der Waals surface area (Å²) in [5, 5.41) is 23.1. The highest BCUT2D eigenvalue weighted by Crippen LogP contribution is 2.32. The monoisotopic (exact) mass is 445 g/mol. The van der Waals surface area contributed by atoms with Gasteiger partial charge in [0.2, 0.25) is 11.7 Å². The number of thioether (sulfide) groups is 1. The fraction of sp³-hybridized carbons (Fsp3) is 0.316. The maximum Gasteiger partial charge on any atom is 0.357 e. The molecule has 3 N–H and O–H groups in total. The van der Waals surface area contributed by atoms with Crippen LogP contribution in [-0.4, -0.2) is 64.2 Å². The summed E-state index contributed by atoms with van der Waals surface area (Å²) in [4.78, 5) is 43.9. The second-order valence-corrected chi connectivity index (χ2v) is 8.07. The number of imidazole rings is 1. The Hall–Kier alpha value is -3.06. The van der Waals surface area contributed by atoms with Gasteiger partial charge in [0.1, 0.15) is 12.2 Å². The highest BCUT2D eigenvalue weighted by molar-refractivity contribution is 8.13. The van der Waals surface area contributed by atoms with Crippen molar-refractivity contribution >= 4 is 34.5 Å². The minimum atomic E-state index is -1.32. The molecular weight excluding hydrogens is 426 g/mol. The maximum atomic E-state index is 12.4. The van der Waals surface area contributed by atoms with E-state index in [0.717, 1.165) is 16.2 Å². The highest BCUT2D eigenvalue weighted by Gasteiger charge is 2.44. The summed E-state index contributed by atoms with van der Waals surface area (Å²) >= 11 is 0.974. The Morgan fingerprint density at radius 2 is 1.90 bits per heavy atom. The van der Waals surface area contributed by atoms with E-state index in [1.165, 1.54) is 23.9 Å². The van der Waals surface area contributed by atoms with Gasteiger partial charge >= 0.3 is 5.69 Å². The molecule has 1 aliphatic rings. The summed E-state index contributed by atoms with van der Waals surface area (Å²) in [5.74, 6) is -0.484. The highest BCUT2D eigenvalue weighted by atomic mass is 32.2. The number of rotatable bonds is 5. The number of aromatic nitrogens is 4. The number of nitrogens with zero attached hydrogens (tertiary/aromatic N) is 4. The van der Waals surface area contributed by atoms with Gasteiger partial charge in [-0.05, 0) is 12.1 Å². The Balaban J connectivity index is 1.63. The van der Waals surface area contributed by atoms with Crippen LogP contribution in [0.3, 0.4) is 0 Å². The molecule has 1 aromatic carbocycles. The van der Waals surface area contributed by atoms with E-state index in [0.29, 0.717) is 5.56 Å². The number of anilines is 1. The Bertz CT molecular complexity index is 1180. The Morgan fingerprint density at radius 1 is 1.16 bits per heavy atom. The van der Waals surface area contributed by atoms with Crippen molar-refractivity contribution in [3.63, 3.8) is 0 Å². The number of hydrogen-bond donors (Lipinski definition) is 3. The van der Waals surface area contributed by atoms with E-state index < -0.39 is 36.1 Å². The molecule has 3 heterocycles. The van der Waals surface area contributed by atoms with Gasteiger partial charge in [-0.1, -0.05) is 30.0 Å². The van der Waals surface area contributed by atoms with Crippen LogP contribution in [-0.2, 0) is 9.53 Å². The molecule has 1 fully saturated rings. The lowest BCUT2D eigenvalue weighted by molar-refractivity contribution is -0.109. The second-order valence-electron chi connectivity index (χ2n) is 6.87. The van der Waals surface area contributed by atoms with Gasteiger partial charge in [0.05, 0.1) is 6.10 Å². The summed E-state index contributed by atoms with van der Waals surface area (Å²) in [7, 11) is 0. The average Bonchev–Trinajstić information content (AvgIpc) is 3.29. The molecule has 1 amide bonds. The summed E-state index contributed by atoms with van der Waals surface area (Å²) in [5.41, 5.74) is -0.325. The van der Waals surface area contributed by atoms with Crippen molar-refractivity contribution in [1.29, 1.82) is 0 Å². The number of aliphatic hydroxyl groups is 2. The van der Waals surface area contributed by atoms with E-state index in [9.17, 15) is 24.6 Å². The third kappa shape index (κ3) is 4.23. The zero-order chi connectivity index (χ0) is 22.1. The van der Waals surface area contributed by atoms with E-state index in [2.05, 4.69) is 15.3 Å². The van der Waals surface area contributed by atoms with Gasteiger partial charge in [-0.2, -0.15) is 9.97 Å². The zero-order valence-electron chi connectivity index (χ0n) is 16.3. The molecular formula is C19H19N5O6S. The Kier molecular flexibility index (Phi) is 5.87. The van der Waals surface area contributed by atoms with Gasteiger partial charge in [-0.3, -0.25) is 19.5 Å². The lowest BCUT2D eigenvalue weighted by atomic mass is 10.1. The van der Waals surface area contributed by atoms with Crippen molar-refractivity contribution in [3.05, 3.63) is 58.8 Å². The molecule has 2 aromatic heterocycles. The first-order chi connectivity index (χ1) is 14.8. The molecule has 11 nitrogen and oxygen atoms in total. The Morgan fingerprint density at radius 3 is 2.61 bits per heavy atom. The van der Waals surface area contributed by atoms with Crippen molar-refractivity contribution in [3.8, 4) is 0 Å². The summed E-state index contributed by atoms with van der Waals surface area (Å²) in [6.07, 6.45) is -1.55. The van der Waals surface area contributed by atoms with Crippen LogP contribution in [0.5, 0.6) is 0 Å². The number of fused-ring (bicyclic) bond motifs is 1. The molecule has 31 heavy (non-hydrogen) atoms. The SMILES string of the molecule is CC(=O)SCC1OC(n2ccn3c(=O)nc(NC(=O)c4ccccc4)nc23)C(O)C1O. The van der Waals surface area contributed by atoms with Crippen LogP contribution in [0, 0.1) is 0 Å². The maximum absolute atomic E-state index is 12.4. The normalized spacial score (nSPS) is 23.2. The minimum Gasteiger partial charge on any atom is -0.387 e. The lowest BCUT2D eigenvalue weighted by Crippen LogP contribution is -2.33. The van der Waals surface area contributed by atoms with Gasteiger partial charge in [0, 0.05) is 30.6 Å². The van der Waals surface area contributed by atoms with Crippen molar-refractivity contribution < 1.29 is 24.5 Å². The van der Waals surface area contributed by atoms with Crippen molar-refractivity contribution in [2.24, 2.45) is 0 Å². The number of aliphatic hydroxyl groups excluding tert-OH is 2. The van der Waals surface area contributed by atoms with Crippen LogP contribution < -0.4 is 11.0 Å². The smallest absolute Gasteiger partial charge is 0.357 e. The molecule has 4 atom stereocenters. The summed E-state index contributed by atoms with van der Waals surface area (Å²) < 4.78 is 8.24. The largest absolute Gasteiger partial charge is 0.387 e. The van der Waals surface area contributed by atoms with Gasteiger partial charge < -0.3 is 14.9 Å². The fourth-order valence-corrected chi connectivity index (χ4v) is 3.91. The topological polar surface area (TPSA) is 148 Å². The quantitative estimate of drug-likeness (QED) is 0.495. The molecule has 0 aliphatic carbocycles. The second kappa shape index (κ2) is 8.59. The molecule has 0 bridgehead atoms. The molecule has 4 unspecified atom stereocenters. The van der Waals surface area contributed by atoms with Crippen LogP contribution in [0.15, 0.2) is 47.5 Å². The van der Waals surface area contributed by atoms with Crippen LogP contribution in [0.25, 0.3) is 5.78 Å². The molecule has 12 heteroatoms. The number of nitrogens with one attached hydrogen (secondary N) is 1. The first kappa shape index (κ1) is 21.2. The van der Waals surface area contributed by atoms with Crippen molar-refractivity contribution in [2.45, 2.75) is 31.5 Å². The number of carbonyl (C=O) groups is 2. The van der Waals surface area contributed by atoms with Crippen LogP contribution >= 0.6 is 11.8 Å². The molecule has 4 rings (SSSR count). The van der Waals surface area contributed by atoms with Gasteiger partial charge in [-0.15, -0.1) is 0 Å². The van der Waals surface area contributed by atoms with Crippen molar-refractivity contribution in [2.75, 3.05) is 11.1 Å². The molecule has 0 spiro atoms. The predicted molar refractivity (Wildman–Crippen MR) is 111 cm³/mol. The van der Waals surface area contributed by atoms with Gasteiger partial charge in [-0.25, -0.2) is 9.20 Å². The van der Waals surface area contributed by atoms with Crippen molar-refractivity contribution in [1.82, 2.24) is 18.9 Å². The predicted octanol–water partition coefficient (Wildman–Crippen LogP) is 0.0422. The summed E-state index contributed by atoms with van der Waals surface area (Å²) in [6.45, 7) is 1.40. The number of amides is 1. The van der Waals surface area contributed by atoms with Gasteiger partial charge in [0.25, 0.3) is 5.91 Å². The standard InChI is InChI=1S/C19H19N5O6S/c1-10(25)31-9-12-13(26)14(27)16(30-12)23-7-8-24-18(23)21-17(22-19(24)29)20-15(28)11-5-3-2-4-6-11/h2-8,12-14,16,26-27H,9H2,1H3,(H,20,22,28,29). The van der Waals surface area contributed by atoms with E-state index in [1.54, 1.807) is 30.3 Å². The molecule has 1 aliphatic heterocycles. The fourth-order valence-electron chi connectivity index (χ4n) is 3.24. The lowest BCUT2D eigenvalue weighted by Gasteiger charge is -2.17. The Labute approximate surface area is 179 Å². The molecule has 3 aromatic rings. The van der Waals surface area contributed by atoms with E-state index in [-0.39, 0.29) is 22.6 Å². The molecule has 162 valence electrons. The van der Waals surface area contributed by atoms with E-state index >= 15 is 0 Å². The number of benzene rings is 1.